The van der Waals surface area contributed by atoms with Crippen LogP contribution in [-0.4, -0.2) is 86.0 Å². The van der Waals surface area contributed by atoms with Crippen LogP contribution in [0, 0.1) is 5.82 Å². The minimum absolute atomic E-state index is 0.116. The van der Waals surface area contributed by atoms with Crippen LogP contribution in [-0.2, 0) is 24.9 Å². The summed E-state index contributed by atoms with van der Waals surface area (Å²) in [5.41, 5.74) is 11.5. The van der Waals surface area contributed by atoms with Crippen molar-refractivity contribution in [2.45, 2.75) is 70.5 Å². The number of hydrogen-bond donors (Lipinski definition) is 3. The number of pyridine rings is 1. The highest BCUT2D eigenvalue weighted by molar-refractivity contribution is 5.99. The molecular formula is C37H46FN7O3. The summed E-state index contributed by atoms with van der Waals surface area (Å²) in [6, 6.07) is 15.9. The number of nitrogens with zero attached hydrogens (tertiary/aromatic N) is 5. The normalized spacial score (nSPS) is 21.9. The Morgan fingerprint density at radius 1 is 1.02 bits per heavy atom. The van der Waals surface area contributed by atoms with Crippen LogP contribution in [0.15, 0.2) is 67.1 Å². The minimum Gasteiger partial charge on any atom is -0.395 e. The Kier molecular flexibility index (Phi) is 10.5. The van der Waals surface area contributed by atoms with Crippen molar-refractivity contribution in [3.8, 4) is 22.3 Å². The van der Waals surface area contributed by atoms with Crippen molar-refractivity contribution < 1.29 is 19.0 Å². The van der Waals surface area contributed by atoms with Crippen molar-refractivity contribution in [2.75, 3.05) is 32.0 Å². The number of benzene rings is 2. The first-order valence-electron chi connectivity index (χ1n) is 16.8. The first-order valence-corrected chi connectivity index (χ1v) is 16.8. The summed E-state index contributed by atoms with van der Waals surface area (Å²) in [5, 5.41) is 16.7. The second kappa shape index (κ2) is 14.9. The number of anilines is 1. The Hall–Kier alpha value is -4.16. The van der Waals surface area contributed by atoms with Gasteiger partial charge in [0.1, 0.15) is 11.6 Å². The molecule has 254 valence electrons. The molecule has 6 rings (SSSR count). The van der Waals surface area contributed by atoms with Gasteiger partial charge >= 0.3 is 0 Å². The topological polar surface area (TPSA) is 122 Å². The standard InChI is InChI=1S/C37H46FN7O3/c1-24-19-44(20-25(2)45(24)13-14-46)21-26-7-9-27(10-8-26)28-11-12-29(33(38)16-28)23-48-35-6-4-5-34(35)42-37(47)32-15-30(17-40-36(32)39)31-18-41-43(3)22-31/h7-12,15-18,22,24-25,34-35,46H,4-6,13-14,19-21,23H2,1-3H3,(H2,39,40)(H,42,47)/t24?,25?,34-,35-/m0/s1. The van der Waals surface area contributed by atoms with Crippen LogP contribution in [0.3, 0.4) is 0 Å². The molecule has 4 atom stereocenters. The number of amides is 1. The van der Waals surface area contributed by atoms with E-state index in [4.69, 9.17) is 10.5 Å². The summed E-state index contributed by atoms with van der Waals surface area (Å²) in [5.74, 6) is -0.465. The van der Waals surface area contributed by atoms with Crippen molar-refractivity contribution in [3.05, 3.63) is 89.6 Å². The third-order valence-corrected chi connectivity index (χ3v) is 9.71. The Morgan fingerprint density at radius 3 is 2.46 bits per heavy atom. The summed E-state index contributed by atoms with van der Waals surface area (Å²) < 4.78 is 23.2. The van der Waals surface area contributed by atoms with Gasteiger partial charge in [-0.25, -0.2) is 9.37 Å². The molecule has 2 aliphatic rings. The highest BCUT2D eigenvalue weighted by Gasteiger charge is 2.31. The van der Waals surface area contributed by atoms with E-state index >= 15 is 4.39 Å². The van der Waals surface area contributed by atoms with Gasteiger partial charge in [0.25, 0.3) is 5.91 Å². The summed E-state index contributed by atoms with van der Waals surface area (Å²) in [6.45, 7) is 8.23. The zero-order valence-corrected chi connectivity index (χ0v) is 28.0. The fourth-order valence-electron chi connectivity index (χ4n) is 7.18. The van der Waals surface area contributed by atoms with Crippen molar-refractivity contribution in [2.24, 2.45) is 7.05 Å². The predicted molar refractivity (Wildman–Crippen MR) is 184 cm³/mol. The molecular weight excluding hydrogens is 609 g/mol. The van der Waals surface area contributed by atoms with Crippen LogP contribution in [0.5, 0.6) is 0 Å². The molecule has 2 unspecified atom stereocenters. The first kappa shape index (κ1) is 33.7. The zero-order valence-electron chi connectivity index (χ0n) is 28.0. The third-order valence-electron chi connectivity index (χ3n) is 9.71. The second-order valence-electron chi connectivity index (χ2n) is 13.3. The number of ether oxygens (including phenoxy) is 1. The molecule has 3 heterocycles. The number of β-amino-alcohol motifs (C(OH)–C–C–N with tert-alkyl or cyclic N) is 1. The van der Waals surface area contributed by atoms with Crippen LogP contribution in [0.1, 0.15) is 54.6 Å². The van der Waals surface area contributed by atoms with Gasteiger partial charge in [-0.3, -0.25) is 19.3 Å². The Bertz CT molecular complexity index is 1700. The molecule has 2 aromatic heterocycles. The molecule has 0 radical (unpaired) electrons. The molecule has 0 spiro atoms. The van der Waals surface area contributed by atoms with Crippen LogP contribution in [0.4, 0.5) is 10.2 Å². The van der Waals surface area contributed by atoms with Gasteiger partial charge < -0.3 is 20.9 Å². The van der Waals surface area contributed by atoms with E-state index in [1.807, 2.05) is 19.3 Å². The van der Waals surface area contributed by atoms with Gasteiger partial charge in [0.15, 0.2) is 0 Å². The summed E-state index contributed by atoms with van der Waals surface area (Å²) >= 11 is 0. The highest BCUT2D eigenvalue weighted by Crippen LogP contribution is 2.28. The van der Waals surface area contributed by atoms with Crippen molar-refractivity contribution in [1.29, 1.82) is 0 Å². The number of aliphatic hydroxyl groups excluding tert-OH is 1. The fraction of sp³-hybridized carbons (Fsp3) is 0.432. The van der Waals surface area contributed by atoms with Gasteiger partial charge in [0.05, 0.1) is 37.1 Å². The monoisotopic (exact) mass is 655 g/mol. The number of piperazine rings is 1. The summed E-state index contributed by atoms with van der Waals surface area (Å²) in [7, 11) is 1.83. The van der Waals surface area contributed by atoms with Gasteiger partial charge in [-0.05, 0) is 61.9 Å². The van der Waals surface area contributed by atoms with E-state index in [0.717, 1.165) is 61.2 Å². The molecule has 4 N–H and O–H groups in total. The van der Waals surface area contributed by atoms with E-state index in [-0.39, 0.29) is 42.9 Å². The quantitative estimate of drug-likeness (QED) is 0.214. The number of halogens is 1. The van der Waals surface area contributed by atoms with E-state index in [2.05, 4.69) is 63.3 Å². The number of carbonyl (C=O) groups is 1. The Balaban J connectivity index is 1.03. The van der Waals surface area contributed by atoms with Crippen molar-refractivity contribution in [1.82, 2.24) is 29.9 Å². The Labute approximate surface area is 281 Å². The Morgan fingerprint density at radius 2 is 1.77 bits per heavy atom. The molecule has 2 aromatic carbocycles. The fourth-order valence-corrected chi connectivity index (χ4v) is 7.18. The number of nitrogens with one attached hydrogen (secondary N) is 1. The molecule has 1 amide bonds. The average Bonchev–Trinajstić information content (AvgIpc) is 3.71. The number of nitrogens with two attached hydrogens (primary N) is 1. The number of aromatic nitrogens is 3. The molecule has 1 aliphatic heterocycles. The number of hydrogen-bond acceptors (Lipinski definition) is 8. The molecule has 1 aliphatic carbocycles. The largest absolute Gasteiger partial charge is 0.395 e. The minimum atomic E-state index is -0.315. The smallest absolute Gasteiger partial charge is 0.255 e. The second-order valence-corrected chi connectivity index (χ2v) is 13.3. The molecule has 48 heavy (non-hydrogen) atoms. The maximum atomic E-state index is 15.3. The van der Waals surface area contributed by atoms with E-state index in [1.165, 1.54) is 5.56 Å². The molecule has 10 nitrogen and oxygen atoms in total. The highest BCUT2D eigenvalue weighted by atomic mass is 19.1. The summed E-state index contributed by atoms with van der Waals surface area (Å²) in [6.07, 6.45) is 7.39. The molecule has 2 fully saturated rings. The van der Waals surface area contributed by atoms with Gasteiger partial charge in [-0.1, -0.05) is 36.4 Å². The number of rotatable bonds is 11. The summed E-state index contributed by atoms with van der Waals surface area (Å²) in [4.78, 5) is 22.3. The lowest BCUT2D eigenvalue weighted by atomic mass is 10.0. The lowest BCUT2D eigenvalue weighted by Gasteiger charge is -2.44. The average molecular weight is 656 g/mol. The van der Waals surface area contributed by atoms with Crippen LogP contribution >= 0.6 is 0 Å². The maximum Gasteiger partial charge on any atom is 0.255 e. The van der Waals surface area contributed by atoms with E-state index < -0.39 is 0 Å². The van der Waals surface area contributed by atoms with Crippen molar-refractivity contribution in [3.63, 3.8) is 0 Å². The number of nitrogen functional groups attached to an aromatic ring is 1. The zero-order chi connectivity index (χ0) is 33.8. The molecule has 1 saturated carbocycles. The van der Waals surface area contributed by atoms with Gasteiger partial charge in [0, 0.05) is 74.4 Å². The lowest BCUT2D eigenvalue weighted by molar-refractivity contribution is 0.0238. The van der Waals surface area contributed by atoms with Gasteiger partial charge in [-0.15, -0.1) is 0 Å². The molecule has 0 bridgehead atoms. The number of carbonyl (C=O) groups excluding carboxylic acids is 1. The van der Waals surface area contributed by atoms with E-state index in [9.17, 15) is 9.90 Å². The molecule has 11 heteroatoms. The van der Waals surface area contributed by atoms with Crippen molar-refractivity contribution >= 4 is 11.7 Å². The maximum absolute atomic E-state index is 15.3. The predicted octanol–water partition coefficient (Wildman–Crippen LogP) is 4.63. The van der Waals surface area contributed by atoms with E-state index in [1.54, 1.807) is 35.3 Å². The van der Waals surface area contributed by atoms with E-state index in [0.29, 0.717) is 29.8 Å². The molecule has 1 saturated heterocycles. The molecule has 4 aromatic rings. The SMILES string of the molecule is CC1CN(Cc2ccc(-c3ccc(CO[C@H]4CCC[C@@H]4NC(=O)c4cc(-c5cnn(C)c5)cnc4N)c(F)c3)cc2)CC(C)N1CCO. The van der Waals surface area contributed by atoms with Gasteiger partial charge in [0.2, 0.25) is 0 Å². The van der Waals surface area contributed by atoms with Crippen LogP contribution in [0.2, 0.25) is 0 Å². The number of aliphatic hydroxyl groups is 1. The number of aryl methyl sites for hydroxylation is 1. The third kappa shape index (κ3) is 7.76. The first-order chi connectivity index (χ1) is 23.2. The van der Waals surface area contributed by atoms with Gasteiger partial charge in [-0.2, -0.15) is 5.10 Å². The van der Waals surface area contributed by atoms with Crippen LogP contribution < -0.4 is 11.1 Å². The lowest BCUT2D eigenvalue weighted by Crippen LogP contribution is -2.56. The van der Waals surface area contributed by atoms with Crippen LogP contribution in [0.25, 0.3) is 22.3 Å².